The van der Waals surface area contributed by atoms with Gasteiger partial charge in [-0.05, 0) is 41.1 Å². The fourth-order valence-corrected chi connectivity index (χ4v) is 4.25. The van der Waals surface area contributed by atoms with Crippen LogP contribution in [0.5, 0.6) is 0 Å². The minimum atomic E-state index is -5.19. The molecule has 3 N–H and O–H groups in total. The number of carbonyl (C=O) groups is 2. The number of likely N-dealkylation sites (N-methyl/N-ethyl adjacent to an activating group) is 1. The van der Waals surface area contributed by atoms with Gasteiger partial charge in [0.05, 0.1) is 17.8 Å². The number of benzene rings is 3. The maximum Gasteiger partial charge on any atom is 0.428 e. The van der Waals surface area contributed by atoms with Gasteiger partial charge < -0.3 is 10.6 Å². The number of carbonyl (C=O) groups excluding carboxylic acids is 2. The van der Waals surface area contributed by atoms with Crippen molar-refractivity contribution in [3.05, 3.63) is 87.9 Å². The van der Waals surface area contributed by atoms with E-state index in [9.17, 15) is 35.9 Å². The molecule has 0 saturated carbocycles. The first-order valence-electron chi connectivity index (χ1n) is 10.9. The van der Waals surface area contributed by atoms with Crippen LogP contribution in [0.15, 0.2) is 60.7 Å². The molecule has 3 aromatic carbocycles. The standard InChI is InChI=1S/C25H18ClF6N3O3/c1-33-21(36)12-34-22(37)19-7-6-18(16-4-2-3-5-17(16)19)20-11-23(38-35-20,25(30,31)32)13-8-14(24(27,28)29)10-15(26)9-13/h2-11,35H,12H2,1H3,(H,33,36)(H,34,37). The monoisotopic (exact) mass is 557 g/mol. The van der Waals surface area contributed by atoms with Gasteiger partial charge in [0.2, 0.25) is 11.5 Å². The quantitative estimate of drug-likeness (QED) is 0.371. The third-order valence-corrected chi connectivity index (χ3v) is 6.11. The summed E-state index contributed by atoms with van der Waals surface area (Å²) in [6.45, 7) is -0.292. The second-order valence-corrected chi connectivity index (χ2v) is 8.72. The van der Waals surface area contributed by atoms with Crippen molar-refractivity contribution in [3.8, 4) is 0 Å². The first-order chi connectivity index (χ1) is 17.8. The minimum absolute atomic E-state index is 0.152. The van der Waals surface area contributed by atoms with Crippen molar-refractivity contribution in [2.45, 2.75) is 18.0 Å². The fraction of sp³-hybridized carbons (Fsp3) is 0.200. The van der Waals surface area contributed by atoms with E-state index >= 15 is 0 Å². The summed E-state index contributed by atoms with van der Waals surface area (Å²) in [4.78, 5) is 29.1. The number of rotatable bonds is 5. The largest absolute Gasteiger partial charge is 0.428 e. The summed E-state index contributed by atoms with van der Waals surface area (Å²) in [5.41, 5.74) is -3.19. The van der Waals surface area contributed by atoms with E-state index in [1.807, 2.05) is 0 Å². The lowest BCUT2D eigenvalue weighted by Gasteiger charge is -2.29. The zero-order valence-electron chi connectivity index (χ0n) is 19.4. The SMILES string of the molecule is CNC(=O)CNC(=O)c1ccc(C2=CC(c3cc(Cl)cc(C(F)(F)F)c3)(C(F)(F)F)ON2)c2ccccc12. The van der Waals surface area contributed by atoms with Gasteiger partial charge in [-0.25, -0.2) is 0 Å². The molecule has 0 bridgehead atoms. The van der Waals surface area contributed by atoms with E-state index in [0.29, 0.717) is 29.0 Å². The molecule has 1 atom stereocenters. The molecule has 1 aliphatic heterocycles. The second-order valence-electron chi connectivity index (χ2n) is 8.28. The van der Waals surface area contributed by atoms with E-state index < -0.39 is 45.9 Å². The summed E-state index contributed by atoms with van der Waals surface area (Å²) in [5, 5.41) is 4.96. The number of hydrogen-bond acceptors (Lipinski definition) is 4. The summed E-state index contributed by atoms with van der Waals surface area (Å²) in [6, 6.07) is 10.6. The normalized spacial score (nSPS) is 17.6. The van der Waals surface area contributed by atoms with Crippen LogP contribution in [0.2, 0.25) is 5.02 Å². The Kier molecular flexibility index (Phi) is 7.06. The van der Waals surface area contributed by atoms with Gasteiger partial charge in [0.15, 0.2) is 0 Å². The summed E-state index contributed by atoms with van der Waals surface area (Å²) in [5.74, 6) is -1.03. The lowest BCUT2D eigenvalue weighted by molar-refractivity contribution is -0.269. The molecule has 1 heterocycles. The van der Waals surface area contributed by atoms with Crippen molar-refractivity contribution < 1.29 is 40.8 Å². The van der Waals surface area contributed by atoms with Crippen LogP contribution in [-0.2, 0) is 21.4 Å². The minimum Gasteiger partial charge on any atom is -0.358 e. The van der Waals surface area contributed by atoms with Gasteiger partial charge in [-0.15, -0.1) is 0 Å². The van der Waals surface area contributed by atoms with Gasteiger partial charge in [0.1, 0.15) is 0 Å². The van der Waals surface area contributed by atoms with Gasteiger partial charge in [-0.3, -0.25) is 19.9 Å². The van der Waals surface area contributed by atoms with Gasteiger partial charge in [0, 0.05) is 28.8 Å². The average Bonchev–Trinajstić information content (AvgIpc) is 3.32. The average molecular weight is 558 g/mol. The molecule has 0 aromatic heterocycles. The molecular formula is C25H18ClF6N3O3. The second kappa shape index (κ2) is 9.84. The van der Waals surface area contributed by atoms with E-state index in [1.54, 1.807) is 24.3 Å². The molecular weight excluding hydrogens is 540 g/mol. The first kappa shape index (κ1) is 27.3. The maximum absolute atomic E-state index is 14.4. The first-order valence-corrected chi connectivity index (χ1v) is 11.3. The van der Waals surface area contributed by atoms with Crippen LogP contribution in [-0.4, -0.2) is 31.6 Å². The van der Waals surface area contributed by atoms with E-state index in [0.717, 1.165) is 6.07 Å². The lowest BCUT2D eigenvalue weighted by Crippen LogP contribution is -2.42. The highest BCUT2D eigenvalue weighted by Gasteiger charge is 2.60. The van der Waals surface area contributed by atoms with Crippen LogP contribution in [0, 0.1) is 0 Å². The van der Waals surface area contributed by atoms with Gasteiger partial charge >= 0.3 is 12.4 Å². The van der Waals surface area contributed by atoms with Crippen molar-refractivity contribution in [2.24, 2.45) is 0 Å². The molecule has 3 aromatic rings. The molecule has 0 saturated heterocycles. The van der Waals surface area contributed by atoms with Crippen LogP contribution >= 0.6 is 11.6 Å². The highest BCUT2D eigenvalue weighted by Crippen LogP contribution is 2.49. The summed E-state index contributed by atoms with van der Waals surface area (Å²) < 4.78 is 83.2. The smallest absolute Gasteiger partial charge is 0.358 e. The van der Waals surface area contributed by atoms with Crippen molar-refractivity contribution in [2.75, 3.05) is 13.6 Å². The van der Waals surface area contributed by atoms with Gasteiger partial charge in [-0.2, -0.15) is 26.3 Å². The molecule has 200 valence electrons. The Morgan fingerprint density at radius 3 is 2.32 bits per heavy atom. The number of alkyl halides is 6. The Morgan fingerprint density at radius 1 is 1.00 bits per heavy atom. The molecule has 0 aliphatic carbocycles. The molecule has 4 rings (SSSR count). The Morgan fingerprint density at radius 2 is 1.68 bits per heavy atom. The number of hydroxylamine groups is 1. The van der Waals surface area contributed by atoms with Crippen LogP contribution in [0.1, 0.15) is 27.0 Å². The molecule has 13 heteroatoms. The number of fused-ring (bicyclic) bond motifs is 1. The summed E-state index contributed by atoms with van der Waals surface area (Å²) in [6.07, 6.45) is -9.51. The molecule has 6 nitrogen and oxygen atoms in total. The topological polar surface area (TPSA) is 79.5 Å². The third-order valence-electron chi connectivity index (χ3n) is 5.89. The zero-order valence-corrected chi connectivity index (χ0v) is 20.1. The van der Waals surface area contributed by atoms with E-state index in [-0.39, 0.29) is 23.4 Å². The summed E-state index contributed by atoms with van der Waals surface area (Å²) >= 11 is 5.75. The third kappa shape index (κ3) is 5.01. The number of amides is 2. The Balaban J connectivity index is 1.83. The molecule has 38 heavy (non-hydrogen) atoms. The van der Waals surface area contributed by atoms with Crippen LogP contribution in [0.3, 0.4) is 0 Å². The van der Waals surface area contributed by atoms with Crippen LogP contribution < -0.4 is 16.1 Å². The molecule has 2 amide bonds. The highest BCUT2D eigenvalue weighted by molar-refractivity contribution is 6.30. The van der Waals surface area contributed by atoms with E-state index in [4.69, 9.17) is 16.4 Å². The summed E-state index contributed by atoms with van der Waals surface area (Å²) in [7, 11) is 1.40. The van der Waals surface area contributed by atoms with Crippen molar-refractivity contribution in [3.63, 3.8) is 0 Å². The zero-order chi connectivity index (χ0) is 27.9. The van der Waals surface area contributed by atoms with Crippen molar-refractivity contribution in [1.82, 2.24) is 16.1 Å². The highest BCUT2D eigenvalue weighted by atomic mass is 35.5. The number of nitrogens with one attached hydrogen (secondary N) is 3. The van der Waals surface area contributed by atoms with E-state index in [1.165, 1.54) is 19.2 Å². The maximum atomic E-state index is 14.4. The van der Waals surface area contributed by atoms with Crippen LogP contribution in [0.4, 0.5) is 26.3 Å². The van der Waals surface area contributed by atoms with E-state index in [2.05, 4.69) is 16.1 Å². The van der Waals surface area contributed by atoms with Crippen LogP contribution in [0.25, 0.3) is 16.5 Å². The molecule has 1 aliphatic rings. The van der Waals surface area contributed by atoms with Gasteiger partial charge in [-0.1, -0.05) is 41.9 Å². The van der Waals surface area contributed by atoms with Gasteiger partial charge in [0.25, 0.3) is 5.91 Å². The Bertz CT molecular complexity index is 1450. The molecule has 1 unspecified atom stereocenters. The van der Waals surface area contributed by atoms with Crippen molar-refractivity contribution in [1.29, 1.82) is 0 Å². The predicted molar refractivity (Wildman–Crippen MR) is 127 cm³/mol. The fourth-order valence-electron chi connectivity index (χ4n) is 4.02. The molecule has 0 spiro atoms. The molecule has 0 radical (unpaired) electrons. The Labute approximate surface area is 216 Å². The van der Waals surface area contributed by atoms with Crippen molar-refractivity contribution >= 4 is 39.9 Å². The predicted octanol–water partition coefficient (Wildman–Crippen LogP) is 5.32. The lowest BCUT2D eigenvalue weighted by atomic mass is 9.89. The molecule has 0 fully saturated rings. The Hall–Kier alpha value is -3.77. The number of halogens is 7. The number of hydrogen-bond donors (Lipinski definition) is 3.